The summed E-state index contributed by atoms with van der Waals surface area (Å²) in [5.74, 6) is 0.585. The molecule has 6 N–H and O–H groups in total. The molecule has 0 bridgehead atoms. The first-order valence-corrected chi connectivity index (χ1v) is 10.6. The number of nitrogens with zero attached hydrogens (tertiary/aromatic N) is 3. The molecule has 1 saturated carbocycles. The lowest BCUT2D eigenvalue weighted by atomic mass is 9.97. The molecule has 2 fully saturated rings. The van der Waals surface area contributed by atoms with Gasteiger partial charge in [0.1, 0.15) is 22.9 Å². The van der Waals surface area contributed by atoms with Gasteiger partial charge in [0.05, 0.1) is 23.8 Å². The smallest absolute Gasteiger partial charge is 0.254 e. The first-order valence-electron chi connectivity index (χ1n) is 10.6. The van der Waals surface area contributed by atoms with Gasteiger partial charge in [-0.15, -0.1) is 0 Å². The molecule has 32 heavy (non-hydrogen) atoms. The summed E-state index contributed by atoms with van der Waals surface area (Å²) >= 11 is 0. The van der Waals surface area contributed by atoms with Gasteiger partial charge in [0.15, 0.2) is 6.19 Å². The third kappa shape index (κ3) is 4.37. The Morgan fingerprint density at radius 3 is 2.28 bits per heavy atom. The molecule has 0 aromatic heterocycles. The summed E-state index contributed by atoms with van der Waals surface area (Å²) in [5, 5.41) is 9.45. The molecule has 2 aliphatic rings. The van der Waals surface area contributed by atoms with Crippen LogP contribution in [0.5, 0.6) is 11.5 Å². The van der Waals surface area contributed by atoms with Crippen LogP contribution in [-0.4, -0.2) is 34.8 Å². The van der Waals surface area contributed by atoms with E-state index in [2.05, 4.69) is 11.2 Å². The number of aliphatic imine (C=N–C) groups is 1. The first-order chi connectivity index (χ1) is 15.4. The molecule has 8 nitrogen and oxygen atoms in total. The van der Waals surface area contributed by atoms with Crippen LogP contribution in [0.3, 0.4) is 0 Å². The molecular formula is C24H26N6O2. The number of piperidine rings is 1. The molecule has 1 amide bonds. The molecule has 1 heterocycles. The number of amides is 1. The summed E-state index contributed by atoms with van der Waals surface area (Å²) in [6, 6.07) is 16.2. The van der Waals surface area contributed by atoms with E-state index in [0.29, 0.717) is 23.6 Å². The number of carbonyl (C=O) groups excluding carboxylic acids is 1. The zero-order valence-electron chi connectivity index (χ0n) is 17.7. The zero-order valence-corrected chi connectivity index (χ0v) is 17.7. The molecule has 2 aromatic carbocycles. The van der Waals surface area contributed by atoms with Crippen LogP contribution in [0.15, 0.2) is 65.2 Å². The van der Waals surface area contributed by atoms with Gasteiger partial charge in [0, 0.05) is 0 Å². The molecule has 164 valence electrons. The van der Waals surface area contributed by atoms with E-state index in [1.54, 1.807) is 29.2 Å². The van der Waals surface area contributed by atoms with Crippen molar-refractivity contribution in [3.8, 4) is 17.7 Å². The van der Waals surface area contributed by atoms with Crippen molar-refractivity contribution in [2.24, 2.45) is 22.2 Å². The van der Waals surface area contributed by atoms with Crippen LogP contribution >= 0.6 is 0 Å². The summed E-state index contributed by atoms with van der Waals surface area (Å²) in [6.45, 7) is 0.481. The van der Waals surface area contributed by atoms with Crippen LogP contribution in [0.1, 0.15) is 31.2 Å². The lowest BCUT2D eigenvalue weighted by Crippen LogP contribution is -2.44. The number of hydrogen-bond donors (Lipinski definition) is 3. The number of ether oxygens (including phenoxy) is 1. The van der Waals surface area contributed by atoms with Crippen LogP contribution in [0.25, 0.3) is 5.70 Å². The molecule has 1 saturated heterocycles. The Labute approximate surface area is 187 Å². The number of nitriles is 1. The predicted molar refractivity (Wildman–Crippen MR) is 122 cm³/mol. The van der Waals surface area contributed by atoms with Gasteiger partial charge in [0.25, 0.3) is 5.91 Å². The van der Waals surface area contributed by atoms with Gasteiger partial charge >= 0.3 is 0 Å². The molecule has 0 radical (unpaired) electrons. The van der Waals surface area contributed by atoms with Crippen molar-refractivity contribution in [1.29, 1.82) is 5.26 Å². The monoisotopic (exact) mass is 430 g/mol. The normalized spacial score (nSPS) is 20.3. The maximum absolute atomic E-state index is 12.2. The number of likely N-dealkylation sites (tertiary alicyclic amines) is 1. The zero-order chi connectivity index (χ0) is 22.7. The fourth-order valence-corrected chi connectivity index (χ4v) is 4.11. The van der Waals surface area contributed by atoms with E-state index >= 15 is 0 Å². The molecule has 1 aliphatic carbocycles. The Morgan fingerprint density at radius 1 is 1.03 bits per heavy atom. The molecule has 4 rings (SSSR count). The second-order valence-corrected chi connectivity index (χ2v) is 8.23. The fourth-order valence-electron chi connectivity index (χ4n) is 4.11. The molecular weight excluding hydrogens is 404 g/mol. The van der Waals surface area contributed by atoms with E-state index in [1.807, 2.05) is 30.3 Å². The summed E-state index contributed by atoms with van der Waals surface area (Å²) in [7, 11) is 0. The number of nitrogens with two attached hydrogens (primary N) is 3. The molecule has 8 heteroatoms. The third-order valence-electron chi connectivity index (χ3n) is 6.09. The standard InChI is InChI=1S/C24H26N6O2/c25-15-30-14-17(10-11-24(30)12-13-24)29-22(27)20(23(28)31)21(26)16-6-8-19(9-7-16)32-18-4-2-1-3-5-18/h1-9,17H,10-14,26H2,(H2,27,29)(H2,28,31). The molecule has 1 atom stereocenters. The molecule has 1 aliphatic heterocycles. The number of hydrogen-bond acceptors (Lipinski definition) is 6. The lowest BCUT2D eigenvalue weighted by Gasteiger charge is -2.35. The summed E-state index contributed by atoms with van der Waals surface area (Å²) in [4.78, 5) is 18.5. The average Bonchev–Trinajstić information content (AvgIpc) is 3.56. The van der Waals surface area contributed by atoms with E-state index < -0.39 is 5.91 Å². The van der Waals surface area contributed by atoms with Crippen LogP contribution in [0.4, 0.5) is 0 Å². The van der Waals surface area contributed by atoms with Crippen molar-refractivity contribution < 1.29 is 9.53 Å². The second-order valence-electron chi connectivity index (χ2n) is 8.23. The van der Waals surface area contributed by atoms with Crippen molar-refractivity contribution in [2.45, 2.75) is 37.3 Å². The largest absolute Gasteiger partial charge is 0.457 e. The van der Waals surface area contributed by atoms with Crippen LogP contribution < -0.4 is 21.9 Å². The van der Waals surface area contributed by atoms with E-state index in [9.17, 15) is 10.1 Å². The molecule has 1 unspecified atom stereocenters. The van der Waals surface area contributed by atoms with Crippen LogP contribution in [-0.2, 0) is 4.79 Å². The first kappa shape index (κ1) is 21.2. The van der Waals surface area contributed by atoms with Crippen molar-refractivity contribution >= 4 is 17.4 Å². The van der Waals surface area contributed by atoms with Gasteiger partial charge in [-0.2, -0.15) is 5.26 Å². The number of para-hydroxylation sites is 1. The van der Waals surface area contributed by atoms with E-state index in [4.69, 9.17) is 21.9 Å². The molecule has 1 spiro atoms. The van der Waals surface area contributed by atoms with Crippen molar-refractivity contribution in [3.05, 3.63) is 65.7 Å². The van der Waals surface area contributed by atoms with E-state index in [1.165, 1.54) is 0 Å². The van der Waals surface area contributed by atoms with Crippen LogP contribution in [0.2, 0.25) is 0 Å². The molecule has 2 aromatic rings. The van der Waals surface area contributed by atoms with Gasteiger partial charge in [0.2, 0.25) is 0 Å². The van der Waals surface area contributed by atoms with Gasteiger partial charge in [-0.1, -0.05) is 18.2 Å². The highest BCUT2D eigenvalue weighted by Gasteiger charge is 2.50. The van der Waals surface area contributed by atoms with Crippen molar-refractivity contribution in [1.82, 2.24) is 4.90 Å². The minimum atomic E-state index is -0.750. The van der Waals surface area contributed by atoms with E-state index in [0.717, 1.165) is 25.7 Å². The average molecular weight is 431 g/mol. The fraction of sp³-hybridized carbons (Fsp3) is 0.292. The third-order valence-corrected chi connectivity index (χ3v) is 6.09. The van der Waals surface area contributed by atoms with Gasteiger partial charge in [-0.3, -0.25) is 9.79 Å². The number of amidine groups is 1. The SMILES string of the molecule is N#CN1CC(N=C(N)C(C(N)=O)=C(N)c2ccc(Oc3ccccc3)cc2)CCC12CC2. The van der Waals surface area contributed by atoms with Crippen molar-refractivity contribution in [3.63, 3.8) is 0 Å². The van der Waals surface area contributed by atoms with Crippen LogP contribution in [0, 0.1) is 11.5 Å². The van der Waals surface area contributed by atoms with Crippen molar-refractivity contribution in [2.75, 3.05) is 6.54 Å². The maximum Gasteiger partial charge on any atom is 0.254 e. The van der Waals surface area contributed by atoms with Gasteiger partial charge < -0.3 is 26.8 Å². The lowest BCUT2D eigenvalue weighted by molar-refractivity contribution is -0.114. The van der Waals surface area contributed by atoms with E-state index in [-0.39, 0.29) is 28.7 Å². The van der Waals surface area contributed by atoms with Gasteiger partial charge in [-0.25, -0.2) is 0 Å². The minimum absolute atomic E-state index is 0.00533. The summed E-state index contributed by atoms with van der Waals surface area (Å²) in [6.07, 6.45) is 6.03. The highest BCUT2D eigenvalue weighted by Crippen LogP contribution is 2.48. The quantitative estimate of drug-likeness (QED) is 0.278. The number of benzene rings is 2. The Kier molecular flexibility index (Phi) is 5.73. The Balaban J connectivity index is 1.54. The minimum Gasteiger partial charge on any atom is -0.457 e. The predicted octanol–water partition coefficient (Wildman–Crippen LogP) is 2.47. The Bertz CT molecular complexity index is 1100. The summed E-state index contributed by atoms with van der Waals surface area (Å²) in [5.41, 5.74) is 18.8. The van der Waals surface area contributed by atoms with Gasteiger partial charge in [-0.05, 0) is 67.6 Å². The number of primary amides is 1. The number of rotatable bonds is 6. The Hall–Kier alpha value is -3.99. The Morgan fingerprint density at radius 2 is 1.69 bits per heavy atom. The highest BCUT2D eigenvalue weighted by atomic mass is 16.5. The number of carbonyl (C=O) groups is 1. The summed E-state index contributed by atoms with van der Waals surface area (Å²) < 4.78 is 5.78. The second kappa shape index (κ2) is 8.63. The highest BCUT2D eigenvalue weighted by molar-refractivity contribution is 6.24. The topological polar surface area (TPSA) is 144 Å². The maximum atomic E-state index is 12.2.